The first kappa shape index (κ1) is 22.8. The molecule has 0 saturated heterocycles. The molecule has 0 unspecified atom stereocenters. The van der Waals surface area contributed by atoms with E-state index >= 15 is 0 Å². The van der Waals surface area contributed by atoms with E-state index in [0.29, 0.717) is 11.2 Å². The highest BCUT2D eigenvalue weighted by atomic mass is 32.2. The lowest BCUT2D eigenvalue weighted by atomic mass is 10.1. The fraction of sp³-hybridized carbons (Fsp3) is 0.167. The summed E-state index contributed by atoms with van der Waals surface area (Å²) in [6, 6.07) is 15.6. The number of sulfonamides is 1. The second kappa shape index (κ2) is 8.84. The molecule has 4 aromatic rings. The van der Waals surface area contributed by atoms with Gasteiger partial charge in [-0.05, 0) is 74.7 Å². The Morgan fingerprint density at radius 1 is 0.909 bits per heavy atom. The van der Waals surface area contributed by atoms with Crippen molar-refractivity contribution in [2.45, 2.75) is 32.6 Å². The molecule has 1 aromatic heterocycles. The van der Waals surface area contributed by atoms with Crippen molar-refractivity contribution in [2.24, 2.45) is 0 Å². The van der Waals surface area contributed by atoms with Crippen LogP contribution in [-0.2, 0) is 10.0 Å². The third-order valence-electron chi connectivity index (χ3n) is 5.35. The zero-order chi connectivity index (χ0) is 23.8. The van der Waals surface area contributed by atoms with Crippen molar-refractivity contribution < 1.29 is 13.2 Å². The molecule has 0 aliphatic carbocycles. The number of hydrogen-bond acceptors (Lipinski definition) is 5. The number of rotatable bonds is 5. The van der Waals surface area contributed by atoms with Crippen molar-refractivity contribution in [3.05, 3.63) is 76.9 Å². The summed E-state index contributed by atoms with van der Waals surface area (Å²) < 4.78 is 28.7. The SMILES string of the molecule is Cc1ccc(S(=O)(=O)Nc2nc3c(C)cc(NC(=O)Nc4cccc(C)c4C)cc3s2)cc1. The summed E-state index contributed by atoms with van der Waals surface area (Å²) in [4.78, 5) is 17.2. The van der Waals surface area contributed by atoms with E-state index in [2.05, 4.69) is 20.3 Å². The van der Waals surface area contributed by atoms with Crippen LogP contribution in [0.15, 0.2) is 59.5 Å². The van der Waals surface area contributed by atoms with Crippen LogP contribution in [0.3, 0.4) is 0 Å². The third kappa shape index (κ3) is 4.99. The van der Waals surface area contributed by atoms with Crippen LogP contribution in [-0.4, -0.2) is 19.4 Å². The molecule has 0 aliphatic heterocycles. The van der Waals surface area contributed by atoms with Gasteiger partial charge in [-0.2, -0.15) is 0 Å². The lowest BCUT2D eigenvalue weighted by Gasteiger charge is -2.12. The standard InChI is InChI=1S/C24H24N4O3S2/c1-14-8-10-19(11-9-14)33(30,31)28-24-27-22-16(3)12-18(13-21(22)32-24)25-23(29)26-20-7-5-6-15(2)17(20)4/h5-13H,1-4H3,(H,27,28)(H2,25,26,29). The molecular formula is C24H24N4O3S2. The first-order valence-electron chi connectivity index (χ1n) is 10.3. The Morgan fingerprint density at radius 2 is 1.64 bits per heavy atom. The molecule has 0 fully saturated rings. The highest BCUT2D eigenvalue weighted by Crippen LogP contribution is 2.32. The number of hydrogen-bond donors (Lipinski definition) is 3. The monoisotopic (exact) mass is 480 g/mol. The fourth-order valence-electron chi connectivity index (χ4n) is 3.38. The number of aromatic nitrogens is 1. The second-order valence-corrected chi connectivity index (χ2v) is 10.6. The first-order valence-corrected chi connectivity index (χ1v) is 12.6. The molecule has 0 bridgehead atoms. The number of fused-ring (bicyclic) bond motifs is 1. The molecule has 9 heteroatoms. The minimum atomic E-state index is -3.74. The molecule has 3 aromatic carbocycles. The summed E-state index contributed by atoms with van der Waals surface area (Å²) in [5.74, 6) is 0. The van der Waals surface area contributed by atoms with Gasteiger partial charge in [-0.25, -0.2) is 18.2 Å². The smallest absolute Gasteiger partial charge is 0.308 e. The maximum absolute atomic E-state index is 12.7. The van der Waals surface area contributed by atoms with Crippen LogP contribution < -0.4 is 15.4 Å². The van der Waals surface area contributed by atoms with E-state index in [1.807, 2.05) is 52.0 Å². The number of urea groups is 1. The molecule has 3 N–H and O–H groups in total. The van der Waals surface area contributed by atoms with Crippen LogP contribution >= 0.6 is 11.3 Å². The minimum Gasteiger partial charge on any atom is -0.308 e. The van der Waals surface area contributed by atoms with Crippen molar-refractivity contribution in [3.8, 4) is 0 Å². The zero-order valence-electron chi connectivity index (χ0n) is 18.7. The molecule has 0 atom stereocenters. The largest absolute Gasteiger partial charge is 0.323 e. The van der Waals surface area contributed by atoms with Gasteiger partial charge in [0, 0.05) is 11.4 Å². The molecular weight excluding hydrogens is 456 g/mol. The van der Waals surface area contributed by atoms with Gasteiger partial charge in [-0.3, -0.25) is 4.72 Å². The number of benzene rings is 3. The molecule has 2 amide bonds. The number of nitrogens with one attached hydrogen (secondary N) is 3. The Bertz CT molecular complexity index is 1460. The molecule has 4 rings (SSSR count). The molecule has 0 spiro atoms. The van der Waals surface area contributed by atoms with Crippen LogP contribution in [0.2, 0.25) is 0 Å². The number of carbonyl (C=O) groups is 1. The van der Waals surface area contributed by atoms with Crippen LogP contribution in [0.1, 0.15) is 22.3 Å². The van der Waals surface area contributed by atoms with Crippen LogP contribution in [0.4, 0.5) is 21.3 Å². The molecule has 33 heavy (non-hydrogen) atoms. The van der Waals surface area contributed by atoms with Gasteiger partial charge >= 0.3 is 6.03 Å². The van der Waals surface area contributed by atoms with E-state index in [1.54, 1.807) is 30.3 Å². The number of nitrogens with zero attached hydrogens (tertiary/aromatic N) is 1. The summed E-state index contributed by atoms with van der Waals surface area (Å²) in [6.45, 7) is 7.71. The maximum Gasteiger partial charge on any atom is 0.323 e. The minimum absolute atomic E-state index is 0.176. The Kier molecular flexibility index (Phi) is 6.09. The number of aryl methyl sites for hydroxylation is 3. The van der Waals surface area contributed by atoms with Gasteiger partial charge in [0.2, 0.25) is 0 Å². The normalized spacial score (nSPS) is 11.4. The van der Waals surface area contributed by atoms with Gasteiger partial charge < -0.3 is 10.6 Å². The topological polar surface area (TPSA) is 100 Å². The lowest BCUT2D eigenvalue weighted by Crippen LogP contribution is -2.20. The average Bonchev–Trinajstić information content (AvgIpc) is 3.14. The van der Waals surface area contributed by atoms with Crippen molar-refractivity contribution in [3.63, 3.8) is 0 Å². The first-order chi connectivity index (χ1) is 15.6. The van der Waals surface area contributed by atoms with E-state index in [0.717, 1.165) is 32.6 Å². The Morgan fingerprint density at radius 3 is 2.36 bits per heavy atom. The van der Waals surface area contributed by atoms with E-state index in [-0.39, 0.29) is 16.1 Å². The molecule has 0 aliphatic rings. The molecule has 1 heterocycles. The van der Waals surface area contributed by atoms with Gasteiger partial charge in [0.05, 0.1) is 15.1 Å². The molecule has 7 nitrogen and oxygen atoms in total. The van der Waals surface area contributed by atoms with Crippen molar-refractivity contribution in [2.75, 3.05) is 15.4 Å². The fourth-order valence-corrected chi connectivity index (χ4v) is 5.59. The highest BCUT2D eigenvalue weighted by Gasteiger charge is 2.18. The number of amides is 2. The summed E-state index contributed by atoms with van der Waals surface area (Å²) in [6.07, 6.45) is 0. The van der Waals surface area contributed by atoms with E-state index < -0.39 is 10.0 Å². The van der Waals surface area contributed by atoms with Crippen LogP contribution in [0, 0.1) is 27.7 Å². The molecule has 0 radical (unpaired) electrons. The predicted octanol–water partition coefficient (Wildman–Crippen LogP) is 5.97. The summed E-state index contributed by atoms with van der Waals surface area (Å²) >= 11 is 1.21. The quantitative estimate of drug-likeness (QED) is 0.327. The third-order valence-corrected chi connectivity index (χ3v) is 7.75. The summed E-state index contributed by atoms with van der Waals surface area (Å²) in [7, 11) is -3.74. The van der Waals surface area contributed by atoms with Gasteiger partial charge in [0.25, 0.3) is 10.0 Å². The average molecular weight is 481 g/mol. The Labute approximate surface area is 196 Å². The van der Waals surface area contributed by atoms with Crippen molar-refractivity contribution >= 4 is 54.1 Å². The van der Waals surface area contributed by atoms with Gasteiger partial charge in [-0.15, -0.1) is 0 Å². The predicted molar refractivity (Wildman–Crippen MR) is 135 cm³/mol. The van der Waals surface area contributed by atoms with E-state index in [4.69, 9.17) is 0 Å². The number of carbonyl (C=O) groups excluding carboxylic acids is 1. The Balaban J connectivity index is 1.54. The zero-order valence-corrected chi connectivity index (χ0v) is 20.3. The number of anilines is 3. The Hall–Kier alpha value is -3.43. The number of thiazole rings is 1. The van der Waals surface area contributed by atoms with Gasteiger partial charge in [-0.1, -0.05) is 41.2 Å². The lowest BCUT2D eigenvalue weighted by molar-refractivity contribution is 0.262. The highest BCUT2D eigenvalue weighted by molar-refractivity contribution is 7.93. The van der Waals surface area contributed by atoms with Gasteiger partial charge in [0.1, 0.15) is 0 Å². The van der Waals surface area contributed by atoms with Crippen molar-refractivity contribution in [1.29, 1.82) is 0 Å². The van der Waals surface area contributed by atoms with Gasteiger partial charge in [0.15, 0.2) is 5.13 Å². The second-order valence-electron chi connectivity index (χ2n) is 7.90. The van der Waals surface area contributed by atoms with E-state index in [9.17, 15) is 13.2 Å². The van der Waals surface area contributed by atoms with Crippen LogP contribution in [0.5, 0.6) is 0 Å². The summed E-state index contributed by atoms with van der Waals surface area (Å²) in [5.41, 5.74) is 5.93. The summed E-state index contributed by atoms with van der Waals surface area (Å²) in [5, 5.41) is 5.99. The van der Waals surface area contributed by atoms with E-state index in [1.165, 1.54) is 11.3 Å². The van der Waals surface area contributed by atoms with Crippen LogP contribution in [0.25, 0.3) is 10.2 Å². The molecule has 170 valence electrons. The maximum atomic E-state index is 12.7. The molecule has 0 saturated carbocycles. The van der Waals surface area contributed by atoms with Crippen molar-refractivity contribution in [1.82, 2.24) is 4.98 Å².